The van der Waals surface area contributed by atoms with Crippen LogP contribution >= 0.6 is 0 Å². The van der Waals surface area contributed by atoms with E-state index in [2.05, 4.69) is 53.8 Å². The number of piperidine rings is 1. The minimum Gasteiger partial charge on any atom is -0.330 e. The van der Waals surface area contributed by atoms with E-state index in [0.29, 0.717) is 12.1 Å². The summed E-state index contributed by atoms with van der Waals surface area (Å²) in [6, 6.07) is 13.4. The van der Waals surface area contributed by atoms with Crippen LogP contribution in [0.15, 0.2) is 42.6 Å². The molecule has 0 saturated carbocycles. The van der Waals surface area contributed by atoms with Gasteiger partial charge in [-0.3, -0.25) is 9.88 Å². The summed E-state index contributed by atoms with van der Waals surface area (Å²) >= 11 is 0. The molecule has 2 N–H and O–H groups in total. The smallest absolute Gasteiger partial charge is 0.127 e. The van der Waals surface area contributed by atoms with Gasteiger partial charge in [0.15, 0.2) is 0 Å². The maximum Gasteiger partial charge on any atom is 0.127 e. The second kappa shape index (κ2) is 8.41. The van der Waals surface area contributed by atoms with Crippen LogP contribution in [0.25, 0.3) is 11.0 Å². The van der Waals surface area contributed by atoms with Crippen LogP contribution in [0.4, 0.5) is 0 Å². The predicted molar refractivity (Wildman–Crippen MR) is 114 cm³/mol. The molecular weight excluding hydrogens is 346 g/mol. The number of fused-ring (bicyclic) bond motifs is 1. The number of benzene rings is 1. The van der Waals surface area contributed by atoms with Gasteiger partial charge in [-0.2, -0.15) is 0 Å². The number of likely N-dealkylation sites (tertiary alicyclic amines) is 1. The Morgan fingerprint density at radius 2 is 1.89 bits per heavy atom. The van der Waals surface area contributed by atoms with E-state index >= 15 is 0 Å². The van der Waals surface area contributed by atoms with Crippen molar-refractivity contribution < 1.29 is 0 Å². The van der Waals surface area contributed by atoms with Gasteiger partial charge in [0.2, 0.25) is 0 Å². The van der Waals surface area contributed by atoms with E-state index in [9.17, 15) is 0 Å². The van der Waals surface area contributed by atoms with Gasteiger partial charge in [-0.15, -0.1) is 0 Å². The topological polar surface area (TPSA) is 60.0 Å². The average Bonchev–Trinajstić information content (AvgIpc) is 3.08. The van der Waals surface area contributed by atoms with E-state index in [1.54, 1.807) is 0 Å². The van der Waals surface area contributed by atoms with Crippen LogP contribution in [0, 0.1) is 6.92 Å². The molecule has 3 heterocycles. The normalized spacial score (nSPS) is 20.7. The SMILES string of the molecule is Cc1cccnc1C1CCCC(c2nc3ccccc3n2CCCCN)N1C. The fourth-order valence-corrected chi connectivity index (χ4v) is 4.61. The third-order valence-electron chi connectivity index (χ3n) is 6.12. The Morgan fingerprint density at radius 3 is 2.71 bits per heavy atom. The third-order valence-corrected chi connectivity index (χ3v) is 6.12. The van der Waals surface area contributed by atoms with Gasteiger partial charge in [-0.25, -0.2) is 4.98 Å². The van der Waals surface area contributed by atoms with Crippen molar-refractivity contribution >= 4 is 11.0 Å². The maximum atomic E-state index is 5.74. The lowest BCUT2D eigenvalue weighted by atomic mass is 9.92. The minimum absolute atomic E-state index is 0.311. The molecule has 2 atom stereocenters. The first-order chi connectivity index (χ1) is 13.7. The first-order valence-electron chi connectivity index (χ1n) is 10.5. The molecule has 28 heavy (non-hydrogen) atoms. The maximum absolute atomic E-state index is 5.74. The van der Waals surface area contributed by atoms with Gasteiger partial charge in [0.05, 0.1) is 28.8 Å². The second-order valence-electron chi connectivity index (χ2n) is 7.94. The number of rotatable bonds is 6. The highest BCUT2D eigenvalue weighted by molar-refractivity contribution is 5.76. The van der Waals surface area contributed by atoms with E-state index < -0.39 is 0 Å². The molecule has 0 bridgehead atoms. The Morgan fingerprint density at radius 1 is 1.07 bits per heavy atom. The van der Waals surface area contributed by atoms with Crippen molar-refractivity contribution in [3.63, 3.8) is 0 Å². The molecule has 1 saturated heterocycles. The Hall–Kier alpha value is -2.24. The Balaban J connectivity index is 1.70. The molecule has 0 aliphatic carbocycles. The zero-order valence-corrected chi connectivity index (χ0v) is 17.0. The zero-order chi connectivity index (χ0) is 19.5. The van der Waals surface area contributed by atoms with Crippen molar-refractivity contribution in [3.05, 3.63) is 59.7 Å². The van der Waals surface area contributed by atoms with Crippen LogP contribution in [-0.4, -0.2) is 33.0 Å². The average molecular weight is 378 g/mol. The highest BCUT2D eigenvalue weighted by atomic mass is 15.2. The number of aromatic nitrogens is 3. The third kappa shape index (κ3) is 3.56. The highest BCUT2D eigenvalue weighted by Gasteiger charge is 2.34. The molecule has 0 spiro atoms. The summed E-state index contributed by atoms with van der Waals surface area (Å²) < 4.78 is 2.43. The van der Waals surface area contributed by atoms with Crippen molar-refractivity contribution in [3.8, 4) is 0 Å². The number of imidazole rings is 1. The number of pyridine rings is 1. The number of hydrogen-bond acceptors (Lipinski definition) is 4. The molecule has 148 valence electrons. The number of para-hydroxylation sites is 2. The first kappa shape index (κ1) is 19.1. The summed E-state index contributed by atoms with van der Waals surface area (Å²) in [5, 5.41) is 0. The van der Waals surface area contributed by atoms with E-state index in [-0.39, 0.29) is 0 Å². The van der Waals surface area contributed by atoms with Gasteiger partial charge in [-0.1, -0.05) is 18.2 Å². The van der Waals surface area contributed by atoms with E-state index in [1.165, 1.54) is 29.0 Å². The highest BCUT2D eigenvalue weighted by Crippen LogP contribution is 2.41. The van der Waals surface area contributed by atoms with Crippen LogP contribution in [0.1, 0.15) is 61.3 Å². The second-order valence-corrected chi connectivity index (χ2v) is 7.94. The fourth-order valence-electron chi connectivity index (χ4n) is 4.61. The van der Waals surface area contributed by atoms with Gasteiger partial charge in [-0.05, 0) is 76.4 Å². The van der Waals surface area contributed by atoms with Crippen molar-refractivity contribution in [1.82, 2.24) is 19.4 Å². The van der Waals surface area contributed by atoms with Crippen molar-refractivity contribution in [2.75, 3.05) is 13.6 Å². The molecule has 5 heteroatoms. The van der Waals surface area contributed by atoms with Gasteiger partial charge in [0, 0.05) is 12.7 Å². The number of nitrogens with zero attached hydrogens (tertiary/aromatic N) is 4. The van der Waals surface area contributed by atoms with Gasteiger partial charge in [0.25, 0.3) is 0 Å². The summed E-state index contributed by atoms with van der Waals surface area (Å²) in [6.07, 6.45) is 7.53. The molecule has 1 aromatic carbocycles. The first-order valence-corrected chi connectivity index (χ1v) is 10.5. The number of nitrogens with two attached hydrogens (primary N) is 1. The van der Waals surface area contributed by atoms with Crippen LogP contribution in [0.2, 0.25) is 0 Å². The van der Waals surface area contributed by atoms with Gasteiger partial charge in [0.1, 0.15) is 5.82 Å². The fraction of sp³-hybridized carbons (Fsp3) is 0.478. The lowest BCUT2D eigenvalue weighted by Crippen LogP contribution is -2.35. The number of hydrogen-bond donors (Lipinski definition) is 1. The molecule has 5 nitrogen and oxygen atoms in total. The zero-order valence-electron chi connectivity index (χ0n) is 17.0. The lowest BCUT2D eigenvalue weighted by Gasteiger charge is -2.39. The van der Waals surface area contributed by atoms with Crippen LogP contribution < -0.4 is 5.73 Å². The lowest BCUT2D eigenvalue weighted by molar-refractivity contribution is 0.104. The summed E-state index contributed by atoms with van der Waals surface area (Å²) in [7, 11) is 2.24. The van der Waals surface area contributed by atoms with E-state index in [0.717, 1.165) is 44.3 Å². The molecule has 1 aliphatic heterocycles. The molecule has 1 aliphatic rings. The molecule has 2 aromatic heterocycles. The monoisotopic (exact) mass is 377 g/mol. The van der Waals surface area contributed by atoms with Crippen molar-refractivity contribution in [1.29, 1.82) is 0 Å². The summed E-state index contributed by atoms with van der Waals surface area (Å²) in [5.41, 5.74) is 10.6. The Kier molecular flexibility index (Phi) is 5.74. The van der Waals surface area contributed by atoms with Crippen LogP contribution in [-0.2, 0) is 6.54 Å². The molecule has 3 aromatic rings. The molecule has 1 fully saturated rings. The van der Waals surface area contributed by atoms with Crippen LogP contribution in [0.3, 0.4) is 0 Å². The summed E-state index contributed by atoms with van der Waals surface area (Å²) in [6.45, 7) is 3.89. The number of unbranched alkanes of at least 4 members (excludes halogenated alkanes) is 1. The van der Waals surface area contributed by atoms with Gasteiger partial charge < -0.3 is 10.3 Å². The van der Waals surface area contributed by atoms with E-state index in [4.69, 9.17) is 15.7 Å². The summed E-state index contributed by atoms with van der Waals surface area (Å²) in [4.78, 5) is 12.3. The van der Waals surface area contributed by atoms with Crippen molar-refractivity contribution in [2.24, 2.45) is 5.73 Å². The summed E-state index contributed by atoms with van der Waals surface area (Å²) in [5.74, 6) is 1.19. The van der Waals surface area contributed by atoms with E-state index in [1.807, 2.05) is 12.3 Å². The quantitative estimate of drug-likeness (QED) is 0.648. The molecule has 0 radical (unpaired) electrons. The minimum atomic E-state index is 0.311. The van der Waals surface area contributed by atoms with Gasteiger partial charge >= 0.3 is 0 Å². The Labute approximate surface area is 167 Å². The largest absolute Gasteiger partial charge is 0.330 e. The molecular formula is C23H31N5. The molecule has 4 rings (SSSR count). The predicted octanol–water partition coefficient (Wildman–Crippen LogP) is 4.38. The molecule has 0 amide bonds. The standard InChI is InChI=1S/C23H31N5/c1-17-9-8-15-25-22(17)20-12-7-13-21(27(20)2)23-26-18-10-3-4-11-19(18)28(23)16-6-5-14-24/h3-4,8-11,15,20-21H,5-7,12-14,16,24H2,1-2H3. The van der Waals surface area contributed by atoms with Crippen LogP contribution in [0.5, 0.6) is 0 Å². The molecule has 2 unspecified atom stereocenters. The van der Waals surface area contributed by atoms with Crippen molar-refractivity contribution in [2.45, 2.75) is 57.7 Å². The number of aryl methyl sites for hydroxylation is 2. The Bertz CT molecular complexity index is 932.